The van der Waals surface area contributed by atoms with Crippen LogP contribution in [0.25, 0.3) is 27.0 Å². The van der Waals surface area contributed by atoms with E-state index < -0.39 is 0 Å². The van der Waals surface area contributed by atoms with Gasteiger partial charge in [-0.2, -0.15) is 0 Å². The van der Waals surface area contributed by atoms with Crippen molar-refractivity contribution >= 4 is 44.2 Å². The van der Waals surface area contributed by atoms with Crippen molar-refractivity contribution in [2.75, 3.05) is 5.73 Å². The molecule has 4 heterocycles. The van der Waals surface area contributed by atoms with Gasteiger partial charge in [0.2, 0.25) is 0 Å². The van der Waals surface area contributed by atoms with Crippen LogP contribution >= 0.6 is 22.7 Å². The van der Waals surface area contributed by atoms with E-state index in [0.717, 1.165) is 22.7 Å². The minimum atomic E-state index is 0.719. The average molecular weight is 299 g/mol. The minimum Gasteiger partial charge on any atom is -0.383 e. The first-order chi connectivity index (χ1) is 9.65. The summed E-state index contributed by atoms with van der Waals surface area (Å²) in [6, 6.07) is 6.38. The lowest BCUT2D eigenvalue weighted by atomic mass is 10.2. The zero-order chi connectivity index (χ0) is 13.9. The SMILES string of the molecule is Cc1cc(-c2nc3c4sccc4ccn3c2N)c(C)s1. The molecule has 20 heavy (non-hydrogen) atoms. The van der Waals surface area contributed by atoms with Crippen molar-refractivity contribution in [3.05, 3.63) is 39.5 Å². The number of hydrogen-bond acceptors (Lipinski definition) is 4. The summed E-state index contributed by atoms with van der Waals surface area (Å²) < 4.78 is 3.18. The molecule has 100 valence electrons. The maximum atomic E-state index is 6.32. The molecule has 4 aromatic rings. The van der Waals surface area contributed by atoms with E-state index in [0.29, 0.717) is 0 Å². The Labute approximate surface area is 124 Å². The van der Waals surface area contributed by atoms with Crippen LogP contribution in [0.3, 0.4) is 0 Å². The monoisotopic (exact) mass is 299 g/mol. The van der Waals surface area contributed by atoms with Crippen LogP contribution in [0.2, 0.25) is 0 Å². The van der Waals surface area contributed by atoms with Gasteiger partial charge in [-0.05, 0) is 42.8 Å². The van der Waals surface area contributed by atoms with Gasteiger partial charge >= 0.3 is 0 Å². The Hall–Kier alpha value is -1.85. The molecule has 4 rings (SSSR count). The van der Waals surface area contributed by atoms with E-state index in [-0.39, 0.29) is 0 Å². The first-order valence-electron chi connectivity index (χ1n) is 6.36. The molecule has 0 saturated carbocycles. The maximum absolute atomic E-state index is 6.32. The Morgan fingerprint density at radius 3 is 2.85 bits per heavy atom. The number of fused-ring (bicyclic) bond motifs is 3. The molecule has 0 aliphatic heterocycles. The molecule has 0 fully saturated rings. The van der Waals surface area contributed by atoms with E-state index in [1.165, 1.54) is 19.8 Å². The number of nitrogens with two attached hydrogens (primary N) is 1. The highest BCUT2D eigenvalue weighted by atomic mass is 32.1. The smallest absolute Gasteiger partial charge is 0.157 e. The highest BCUT2D eigenvalue weighted by molar-refractivity contribution is 7.18. The van der Waals surface area contributed by atoms with E-state index >= 15 is 0 Å². The molecule has 0 aromatic carbocycles. The van der Waals surface area contributed by atoms with Gasteiger partial charge in [-0.1, -0.05) is 0 Å². The fourth-order valence-electron chi connectivity index (χ4n) is 2.61. The number of rotatable bonds is 1. The van der Waals surface area contributed by atoms with E-state index in [1.807, 2.05) is 10.6 Å². The fraction of sp³-hybridized carbons (Fsp3) is 0.133. The van der Waals surface area contributed by atoms with E-state index in [1.54, 1.807) is 22.7 Å². The van der Waals surface area contributed by atoms with Gasteiger partial charge in [0.15, 0.2) is 5.65 Å². The summed E-state index contributed by atoms with van der Waals surface area (Å²) in [5.74, 6) is 0.719. The minimum absolute atomic E-state index is 0.719. The number of hydrogen-bond donors (Lipinski definition) is 1. The second-order valence-corrected chi connectivity index (χ2v) is 7.26. The molecule has 0 atom stereocenters. The number of pyridine rings is 1. The average Bonchev–Trinajstić information content (AvgIpc) is 3.07. The van der Waals surface area contributed by atoms with Crippen molar-refractivity contribution in [1.29, 1.82) is 0 Å². The molecule has 0 amide bonds. The molecule has 0 radical (unpaired) electrons. The van der Waals surface area contributed by atoms with Crippen molar-refractivity contribution < 1.29 is 0 Å². The zero-order valence-corrected chi connectivity index (χ0v) is 12.8. The summed E-state index contributed by atoms with van der Waals surface area (Å²) in [6.45, 7) is 4.24. The van der Waals surface area contributed by atoms with Crippen LogP contribution in [-0.2, 0) is 0 Å². The normalized spacial score (nSPS) is 11.7. The standard InChI is InChI=1S/C15H13N3S2/c1-8-7-11(9(2)20-8)12-14(16)18-5-3-10-4-6-19-13(10)15(18)17-12/h3-7H,16H2,1-2H3. The summed E-state index contributed by atoms with van der Waals surface area (Å²) in [6.07, 6.45) is 2.00. The molecule has 0 spiro atoms. The summed E-state index contributed by atoms with van der Waals surface area (Å²) in [5, 5.41) is 3.31. The number of aromatic nitrogens is 2. The summed E-state index contributed by atoms with van der Waals surface area (Å²) in [5.41, 5.74) is 9.32. The van der Waals surface area contributed by atoms with Gasteiger partial charge in [0, 0.05) is 21.5 Å². The van der Waals surface area contributed by atoms with Crippen molar-refractivity contribution in [3.8, 4) is 11.3 Å². The number of nitrogen functional groups attached to an aromatic ring is 1. The van der Waals surface area contributed by atoms with Crippen LogP contribution in [-0.4, -0.2) is 9.38 Å². The van der Waals surface area contributed by atoms with Crippen molar-refractivity contribution in [1.82, 2.24) is 9.38 Å². The molecule has 0 aliphatic carbocycles. The predicted molar refractivity (Wildman–Crippen MR) is 87.8 cm³/mol. The van der Waals surface area contributed by atoms with Crippen LogP contribution in [0.5, 0.6) is 0 Å². The number of thiophene rings is 2. The van der Waals surface area contributed by atoms with Crippen LogP contribution < -0.4 is 5.73 Å². The van der Waals surface area contributed by atoms with E-state index in [9.17, 15) is 0 Å². The summed E-state index contributed by atoms with van der Waals surface area (Å²) in [7, 11) is 0. The van der Waals surface area contributed by atoms with Gasteiger partial charge < -0.3 is 5.73 Å². The van der Waals surface area contributed by atoms with Crippen molar-refractivity contribution in [2.24, 2.45) is 0 Å². The van der Waals surface area contributed by atoms with E-state index in [4.69, 9.17) is 10.7 Å². The largest absolute Gasteiger partial charge is 0.383 e. The van der Waals surface area contributed by atoms with Crippen molar-refractivity contribution in [3.63, 3.8) is 0 Å². The second-order valence-electron chi connectivity index (χ2n) is 4.89. The van der Waals surface area contributed by atoms with Crippen LogP contribution in [0, 0.1) is 13.8 Å². The molecular formula is C15H13N3S2. The topological polar surface area (TPSA) is 43.3 Å². The van der Waals surface area contributed by atoms with Gasteiger partial charge in [-0.25, -0.2) is 4.98 Å². The van der Waals surface area contributed by atoms with Crippen LogP contribution in [0.15, 0.2) is 29.8 Å². The Kier molecular flexibility index (Phi) is 2.43. The fourth-order valence-corrected chi connectivity index (χ4v) is 4.40. The third-order valence-electron chi connectivity index (χ3n) is 3.55. The highest BCUT2D eigenvalue weighted by Crippen LogP contribution is 2.36. The van der Waals surface area contributed by atoms with Gasteiger partial charge in [-0.15, -0.1) is 22.7 Å². The zero-order valence-electron chi connectivity index (χ0n) is 11.2. The van der Waals surface area contributed by atoms with Gasteiger partial charge in [0.1, 0.15) is 11.5 Å². The van der Waals surface area contributed by atoms with E-state index in [2.05, 4.69) is 37.4 Å². The lowest BCUT2D eigenvalue weighted by Crippen LogP contribution is -1.93. The quantitative estimate of drug-likeness (QED) is 0.563. The molecular weight excluding hydrogens is 286 g/mol. The van der Waals surface area contributed by atoms with Gasteiger partial charge in [0.05, 0.1) is 4.70 Å². The van der Waals surface area contributed by atoms with Crippen molar-refractivity contribution in [2.45, 2.75) is 13.8 Å². The maximum Gasteiger partial charge on any atom is 0.157 e. The molecule has 0 unspecified atom stereocenters. The number of anilines is 1. The van der Waals surface area contributed by atoms with Gasteiger partial charge in [0.25, 0.3) is 0 Å². The molecule has 0 aliphatic rings. The number of aryl methyl sites for hydroxylation is 2. The molecule has 2 N–H and O–H groups in total. The summed E-state index contributed by atoms with van der Waals surface area (Å²) >= 11 is 3.49. The lowest BCUT2D eigenvalue weighted by molar-refractivity contribution is 1.22. The predicted octanol–water partition coefficient (Wildman–Crippen LogP) is 4.48. The third-order valence-corrected chi connectivity index (χ3v) is 5.44. The number of imidazole rings is 1. The highest BCUT2D eigenvalue weighted by Gasteiger charge is 2.16. The van der Waals surface area contributed by atoms with Crippen LogP contribution in [0.4, 0.5) is 5.82 Å². The summed E-state index contributed by atoms with van der Waals surface area (Å²) in [4.78, 5) is 7.36. The lowest BCUT2D eigenvalue weighted by Gasteiger charge is -1.98. The first-order valence-corrected chi connectivity index (χ1v) is 8.06. The molecule has 0 bridgehead atoms. The molecule has 5 heteroatoms. The molecule has 3 nitrogen and oxygen atoms in total. The number of nitrogens with zero attached hydrogens (tertiary/aromatic N) is 2. The Morgan fingerprint density at radius 1 is 1.25 bits per heavy atom. The second kappa shape index (κ2) is 4.07. The third kappa shape index (κ3) is 1.53. The Bertz CT molecular complexity index is 943. The first kappa shape index (κ1) is 11.9. The van der Waals surface area contributed by atoms with Crippen LogP contribution in [0.1, 0.15) is 9.75 Å². The molecule has 4 aromatic heterocycles. The Balaban J connectivity index is 2.10. The Morgan fingerprint density at radius 2 is 2.10 bits per heavy atom. The molecule has 0 saturated heterocycles. The van der Waals surface area contributed by atoms with Gasteiger partial charge in [-0.3, -0.25) is 4.40 Å².